The molecule has 17 heavy (non-hydrogen) atoms. The Bertz CT molecular complexity index is 271. The van der Waals surface area contributed by atoms with Crippen molar-refractivity contribution in [3.05, 3.63) is 11.8 Å². The van der Waals surface area contributed by atoms with Crippen LogP contribution in [-0.2, 0) is 23.8 Å². The molecule has 1 N–H and O–H groups in total. The second-order valence-electron chi connectivity index (χ2n) is 3.09. The molecule has 0 saturated heterocycles. The molecular weight excluding hydrogens is 228 g/mol. The van der Waals surface area contributed by atoms with E-state index in [0.29, 0.717) is 12.8 Å². The van der Waals surface area contributed by atoms with E-state index in [4.69, 9.17) is 19.3 Å². The number of hydrogen-bond donors (Lipinski definition) is 1. The van der Waals surface area contributed by atoms with Crippen molar-refractivity contribution in [2.45, 2.75) is 19.8 Å². The third kappa shape index (κ3) is 7.35. The van der Waals surface area contributed by atoms with E-state index in [1.807, 2.05) is 6.92 Å². The zero-order valence-electron chi connectivity index (χ0n) is 10.1. The van der Waals surface area contributed by atoms with E-state index in [1.165, 1.54) is 7.11 Å². The quantitative estimate of drug-likeness (QED) is 0.289. The average molecular weight is 246 g/mol. The molecule has 0 bridgehead atoms. The summed E-state index contributed by atoms with van der Waals surface area (Å²) in [7, 11) is 1.26. The van der Waals surface area contributed by atoms with Crippen molar-refractivity contribution in [2.24, 2.45) is 0 Å². The Hall–Kier alpha value is -1.56. The molecule has 0 rings (SSSR count). The fourth-order valence-corrected chi connectivity index (χ4v) is 0.853. The average Bonchev–Trinajstić information content (AvgIpc) is 2.33. The van der Waals surface area contributed by atoms with Crippen LogP contribution in [0, 0.1) is 0 Å². The zero-order chi connectivity index (χ0) is 13.1. The molecule has 6 heteroatoms. The van der Waals surface area contributed by atoms with Crippen molar-refractivity contribution in [1.82, 2.24) is 0 Å². The molecule has 0 radical (unpaired) electrons. The molecule has 0 aliphatic carbocycles. The van der Waals surface area contributed by atoms with Crippen LogP contribution in [0.3, 0.4) is 0 Å². The lowest BCUT2D eigenvalue weighted by Crippen LogP contribution is -2.13. The lowest BCUT2D eigenvalue weighted by Gasteiger charge is -2.06. The normalized spacial score (nSPS) is 10.9. The highest BCUT2D eigenvalue weighted by atomic mass is 16.6. The minimum Gasteiger partial charge on any atom is -0.490 e. The first-order chi connectivity index (χ1) is 8.15. The van der Waals surface area contributed by atoms with Crippen LogP contribution < -0.4 is 0 Å². The first-order valence-electron chi connectivity index (χ1n) is 5.36. The maximum Gasteiger partial charge on any atom is 0.373 e. The van der Waals surface area contributed by atoms with Crippen LogP contribution in [0.4, 0.5) is 0 Å². The van der Waals surface area contributed by atoms with Crippen molar-refractivity contribution in [1.29, 1.82) is 0 Å². The Morgan fingerprint density at radius 3 is 2.47 bits per heavy atom. The molecule has 98 valence electrons. The number of rotatable bonds is 8. The Morgan fingerprint density at radius 2 is 1.94 bits per heavy atom. The highest BCUT2D eigenvalue weighted by molar-refractivity contribution is 5.94. The van der Waals surface area contributed by atoms with E-state index in [1.54, 1.807) is 0 Å². The van der Waals surface area contributed by atoms with Gasteiger partial charge in [-0.15, -0.1) is 0 Å². The summed E-state index contributed by atoms with van der Waals surface area (Å²) >= 11 is 0. The molecule has 0 spiro atoms. The monoisotopic (exact) mass is 246 g/mol. The number of carbonyl (C=O) groups excluding carboxylic acids is 2. The molecule has 0 saturated carbocycles. The molecule has 0 atom stereocenters. The molecule has 0 aromatic heterocycles. The standard InChI is InChI=1S/C11H18O6/c1-3-6-17-11(14)9(15-2)8-10(13)16-7-4-5-12/h8,12H,3-7H2,1-2H3/b9-8+. The van der Waals surface area contributed by atoms with E-state index in [2.05, 4.69) is 0 Å². The summed E-state index contributed by atoms with van der Waals surface area (Å²) in [4.78, 5) is 22.5. The van der Waals surface area contributed by atoms with Gasteiger partial charge in [0.1, 0.15) is 0 Å². The van der Waals surface area contributed by atoms with Gasteiger partial charge in [-0.05, 0) is 6.42 Å². The maximum atomic E-state index is 11.3. The number of methoxy groups -OCH3 is 1. The van der Waals surface area contributed by atoms with Crippen LogP contribution in [0.5, 0.6) is 0 Å². The first-order valence-corrected chi connectivity index (χ1v) is 5.36. The number of ether oxygens (including phenoxy) is 3. The molecule has 0 unspecified atom stereocenters. The van der Waals surface area contributed by atoms with Gasteiger partial charge in [0, 0.05) is 13.0 Å². The highest BCUT2D eigenvalue weighted by Crippen LogP contribution is 2.01. The lowest BCUT2D eigenvalue weighted by atomic mass is 10.4. The number of esters is 2. The molecule has 0 amide bonds. The molecular formula is C11H18O6. The van der Waals surface area contributed by atoms with E-state index in [0.717, 1.165) is 6.08 Å². The number of carbonyl (C=O) groups is 2. The van der Waals surface area contributed by atoms with Gasteiger partial charge >= 0.3 is 11.9 Å². The Labute approximate surface area is 100 Å². The number of hydrogen-bond acceptors (Lipinski definition) is 6. The second-order valence-corrected chi connectivity index (χ2v) is 3.09. The molecule has 0 fully saturated rings. The van der Waals surface area contributed by atoms with Gasteiger partial charge in [-0.1, -0.05) is 6.92 Å². The molecule has 0 heterocycles. The van der Waals surface area contributed by atoms with Gasteiger partial charge in [0.2, 0.25) is 5.76 Å². The lowest BCUT2D eigenvalue weighted by molar-refractivity contribution is -0.144. The Balaban J connectivity index is 4.22. The number of aliphatic hydroxyl groups is 1. The fraction of sp³-hybridized carbons (Fsp3) is 0.636. The molecule has 0 aromatic carbocycles. The summed E-state index contributed by atoms with van der Waals surface area (Å²) in [5, 5.41) is 8.49. The highest BCUT2D eigenvalue weighted by Gasteiger charge is 2.13. The van der Waals surface area contributed by atoms with E-state index in [-0.39, 0.29) is 25.6 Å². The van der Waals surface area contributed by atoms with Crippen LogP contribution in [0.2, 0.25) is 0 Å². The third-order valence-corrected chi connectivity index (χ3v) is 1.65. The van der Waals surface area contributed by atoms with Gasteiger partial charge in [-0.2, -0.15) is 0 Å². The number of aliphatic hydroxyl groups excluding tert-OH is 1. The van der Waals surface area contributed by atoms with Crippen LogP contribution in [-0.4, -0.2) is 44.0 Å². The van der Waals surface area contributed by atoms with Gasteiger partial charge < -0.3 is 19.3 Å². The SMILES string of the molecule is CCCOC(=O)/C(=C\C(=O)OCCCO)OC. The predicted octanol–water partition coefficient (Wildman–Crippen LogP) is 0.396. The van der Waals surface area contributed by atoms with Gasteiger partial charge in [-0.25, -0.2) is 9.59 Å². The van der Waals surface area contributed by atoms with E-state index >= 15 is 0 Å². The first kappa shape index (κ1) is 15.4. The minimum absolute atomic E-state index is 0.0628. The van der Waals surface area contributed by atoms with Gasteiger partial charge in [0.25, 0.3) is 0 Å². The summed E-state index contributed by atoms with van der Waals surface area (Å²) in [6.07, 6.45) is 1.96. The van der Waals surface area contributed by atoms with Gasteiger partial charge in [-0.3, -0.25) is 0 Å². The zero-order valence-corrected chi connectivity index (χ0v) is 10.1. The van der Waals surface area contributed by atoms with Crippen LogP contribution in [0.15, 0.2) is 11.8 Å². The predicted molar refractivity (Wildman–Crippen MR) is 59.0 cm³/mol. The van der Waals surface area contributed by atoms with Crippen LogP contribution in [0.1, 0.15) is 19.8 Å². The summed E-state index contributed by atoms with van der Waals surface area (Å²) in [6.45, 7) is 2.14. The van der Waals surface area contributed by atoms with E-state index < -0.39 is 11.9 Å². The molecule has 0 aromatic rings. The Morgan fingerprint density at radius 1 is 1.24 bits per heavy atom. The molecule has 6 nitrogen and oxygen atoms in total. The summed E-state index contributed by atoms with van der Waals surface area (Å²) in [5.74, 6) is -1.61. The largest absolute Gasteiger partial charge is 0.490 e. The molecule has 0 aliphatic heterocycles. The van der Waals surface area contributed by atoms with Crippen LogP contribution >= 0.6 is 0 Å². The Kier molecular flexibility index (Phi) is 8.77. The van der Waals surface area contributed by atoms with Crippen molar-refractivity contribution in [3.8, 4) is 0 Å². The van der Waals surface area contributed by atoms with Gasteiger partial charge in [0.05, 0.1) is 26.4 Å². The van der Waals surface area contributed by atoms with Crippen LogP contribution in [0.25, 0.3) is 0 Å². The van der Waals surface area contributed by atoms with Crippen molar-refractivity contribution in [2.75, 3.05) is 26.9 Å². The van der Waals surface area contributed by atoms with Gasteiger partial charge in [0.15, 0.2) is 0 Å². The topological polar surface area (TPSA) is 82.1 Å². The van der Waals surface area contributed by atoms with Crippen molar-refractivity contribution < 1.29 is 28.9 Å². The summed E-state index contributed by atoms with van der Waals surface area (Å²) in [5.41, 5.74) is 0. The fourth-order valence-electron chi connectivity index (χ4n) is 0.853. The molecule has 0 aliphatic rings. The minimum atomic E-state index is -0.705. The smallest absolute Gasteiger partial charge is 0.373 e. The van der Waals surface area contributed by atoms with Crippen molar-refractivity contribution >= 4 is 11.9 Å². The summed E-state index contributed by atoms with van der Waals surface area (Å²) in [6, 6.07) is 0. The maximum absolute atomic E-state index is 11.3. The van der Waals surface area contributed by atoms with Crippen molar-refractivity contribution in [3.63, 3.8) is 0 Å². The third-order valence-electron chi connectivity index (χ3n) is 1.65. The van der Waals surface area contributed by atoms with E-state index in [9.17, 15) is 9.59 Å². The summed E-state index contributed by atoms with van der Waals surface area (Å²) < 4.78 is 14.2. The second kappa shape index (κ2) is 9.65.